The molecule has 1 aliphatic heterocycles. The maximum Gasteiger partial charge on any atom is 0.235 e. The molecule has 3 rings (SSSR count). The zero-order valence-corrected chi connectivity index (χ0v) is 13.3. The minimum Gasteiger partial charge on any atom is -0.360 e. The number of aromatic nitrogens is 1. The van der Waals surface area contributed by atoms with Gasteiger partial charge in [0.2, 0.25) is 5.91 Å². The Morgan fingerprint density at radius 3 is 2.86 bits per heavy atom. The zero-order valence-electron chi connectivity index (χ0n) is 12.4. The van der Waals surface area contributed by atoms with Crippen molar-refractivity contribution in [2.45, 2.75) is 25.6 Å². The number of amides is 1. The molecule has 116 valence electrons. The number of hydrogen-bond donors (Lipinski definition) is 0. The first-order valence-electron chi connectivity index (χ1n) is 7.23. The summed E-state index contributed by atoms with van der Waals surface area (Å²) in [6.07, 6.45) is 0.857. The number of nitrogens with zero attached hydrogens (tertiary/aromatic N) is 2. The van der Waals surface area contributed by atoms with Crippen molar-refractivity contribution in [3.05, 3.63) is 52.9 Å². The number of hydrogen-bond acceptors (Lipinski definition) is 4. The van der Waals surface area contributed by atoms with E-state index in [9.17, 15) is 9.00 Å². The SMILES string of the molecule is Cc1cc(C[S@](=O)CC(=O)N2CCc3ccccc3C2)on1. The van der Waals surface area contributed by atoms with Crippen LogP contribution in [0.4, 0.5) is 0 Å². The molecule has 2 aromatic rings. The topological polar surface area (TPSA) is 63.4 Å². The summed E-state index contributed by atoms with van der Waals surface area (Å²) < 4.78 is 17.1. The van der Waals surface area contributed by atoms with E-state index in [1.54, 1.807) is 11.0 Å². The van der Waals surface area contributed by atoms with Crippen LogP contribution >= 0.6 is 0 Å². The third-order valence-electron chi connectivity index (χ3n) is 3.75. The van der Waals surface area contributed by atoms with Gasteiger partial charge in [-0.25, -0.2) is 0 Å². The van der Waals surface area contributed by atoms with Gasteiger partial charge in [0.25, 0.3) is 0 Å². The summed E-state index contributed by atoms with van der Waals surface area (Å²) >= 11 is 0. The Bertz CT molecular complexity index is 711. The predicted molar refractivity (Wildman–Crippen MR) is 83.5 cm³/mol. The van der Waals surface area contributed by atoms with Gasteiger partial charge in [0.05, 0.1) is 11.4 Å². The van der Waals surface area contributed by atoms with Gasteiger partial charge in [0.15, 0.2) is 0 Å². The zero-order chi connectivity index (χ0) is 15.5. The number of carbonyl (C=O) groups excluding carboxylic acids is 1. The van der Waals surface area contributed by atoms with Gasteiger partial charge in [0.1, 0.15) is 11.5 Å². The Morgan fingerprint density at radius 1 is 1.36 bits per heavy atom. The third kappa shape index (κ3) is 3.44. The van der Waals surface area contributed by atoms with E-state index >= 15 is 0 Å². The molecule has 5 nitrogen and oxygen atoms in total. The van der Waals surface area contributed by atoms with Crippen molar-refractivity contribution in [2.24, 2.45) is 0 Å². The Morgan fingerprint density at radius 2 is 2.14 bits per heavy atom. The lowest BCUT2D eigenvalue weighted by Gasteiger charge is -2.28. The van der Waals surface area contributed by atoms with Crippen LogP contribution in [0.3, 0.4) is 0 Å². The minimum absolute atomic E-state index is 0.0297. The van der Waals surface area contributed by atoms with Crippen molar-refractivity contribution in [2.75, 3.05) is 12.3 Å². The summed E-state index contributed by atoms with van der Waals surface area (Å²) in [5, 5.41) is 3.76. The molecule has 1 aromatic heterocycles. The van der Waals surface area contributed by atoms with Crippen molar-refractivity contribution < 1.29 is 13.5 Å². The van der Waals surface area contributed by atoms with Gasteiger partial charge in [-0.2, -0.15) is 0 Å². The second-order valence-corrected chi connectivity index (χ2v) is 6.95. The molecule has 0 radical (unpaired) electrons. The number of rotatable bonds is 4. The van der Waals surface area contributed by atoms with Gasteiger partial charge in [-0.1, -0.05) is 29.4 Å². The van der Waals surface area contributed by atoms with Crippen molar-refractivity contribution in [3.8, 4) is 0 Å². The smallest absolute Gasteiger partial charge is 0.235 e. The monoisotopic (exact) mass is 318 g/mol. The van der Waals surface area contributed by atoms with Crippen LogP contribution in [0.5, 0.6) is 0 Å². The van der Waals surface area contributed by atoms with Gasteiger partial charge in [-0.3, -0.25) is 9.00 Å². The van der Waals surface area contributed by atoms with E-state index in [-0.39, 0.29) is 17.4 Å². The Labute approximate surface area is 131 Å². The Hall–Kier alpha value is -1.95. The van der Waals surface area contributed by atoms with Crippen LogP contribution in [0.15, 0.2) is 34.9 Å². The lowest BCUT2D eigenvalue weighted by atomic mass is 10.00. The summed E-state index contributed by atoms with van der Waals surface area (Å²) in [6.45, 7) is 3.11. The number of aryl methyl sites for hydroxylation is 1. The highest BCUT2D eigenvalue weighted by Crippen LogP contribution is 2.18. The lowest BCUT2D eigenvalue weighted by molar-refractivity contribution is -0.129. The standard InChI is InChI=1S/C16H18N2O3S/c1-12-8-15(21-17-12)10-22(20)11-16(19)18-7-6-13-4-2-3-5-14(13)9-18/h2-5,8H,6-7,9-11H2,1H3/t22-/m0/s1. The summed E-state index contributed by atoms with van der Waals surface area (Å²) in [4.78, 5) is 14.1. The highest BCUT2D eigenvalue weighted by Gasteiger charge is 2.22. The first kappa shape index (κ1) is 15.0. The number of benzene rings is 1. The van der Waals surface area contributed by atoms with Crippen LogP contribution in [-0.2, 0) is 34.3 Å². The van der Waals surface area contributed by atoms with E-state index in [1.165, 1.54) is 11.1 Å². The van der Waals surface area contributed by atoms with Crippen LogP contribution in [0.2, 0.25) is 0 Å². The van der Waals surface area contributed by atoms with E-state index in [1.807, 2.05) is 25.1 Å². The Kier molecular flexibility index (Phi) is 4.38. The normalized spacial score (nSPS) is 15.4. The van der Waals surface area contributed by atoms with E-state index in [0.717, 1.165) is 12.1 Å². The van der Waals surface area contributed by atoms with E-state index in [2.05, 4.69) is 11.2 Å². The van der Waals surface area contributed by atoms with Crippen LogP contribution in [0.1, 0.15) is 22.6 Å². The average molecular weight is 318 g/mol. The molecule has 1 aliphatic rings. The van der Waals surface area contributed by atoms with Gasteiger partial charge in [0, 0.05) is 30.0 Å². The quantitative estimate of drug-likeness (QED) is 0.862. The second-order valence-electron chi connectivity index (χ2n) is 5.50. The molecule has 0 aliphatic carbocycles. The minimum atomic E-state index is -1.27. The van der Waals surface area contributed by atoms with E-state index in [0.29, 0.717) is 18.8 Å². The summed E-state index contributed by atoms with van der Waals surface area (Å²) in [5.41, 5.74) is 3.23. The Balaban J connectivity index is 1.57. The first-order valence-corrected chi connectivity index (χ1v) is 8.72. The van der Waals surface area contributed by atoms with E-state index < -0.39 is 10.8 Å². The maximum atomic E-state index is 12.3. The molecule has 1 atom stereocenters. The van der Waals surface area contributed by atoms with Gasteiger partial charge >= 0.3 is 0 Å². The molecular weight excluding hydrogens is 300 g/mol. The van der Waals surface area contributed by atoms with Crippen LogP contribution in [-0.4, -0.2) is 32.5 Å². The average Bonchev–Trinajstić information content (AvgIpc) is 2.91. The molecule has 0 bridgehead atoms. The van der Waals surface area contributed by atoms with Crippen molar-refractivity contribution >= 4 is 16.7 Å². The largest absolute Gasteiger partial charge is 0.360 e. The summed E-state index contributed by atoms with van der Waals surface area (Å²) in [6, 6.07) is 9.89. The molecule has 0 N–H and O–H groups in total. The second kappa shape index (κ2) is 6.44. The van der Waals surface area contributed by atoms with Crippen LogP contribution in [0.25, 0.3) is 0 Å². The molecule has 0 saturated heterocycles. The van der Waals surface area contributed by atoms with Crippen LogP contribution < -0.4 is 0 Å². The fourth-order valence-electron chi connectivity index (χ4n) is 2.63. The first-order chi connectivity index (χ1) is 10.6. The molecule has 0 fully saturated rings. The predicted octanol–water partition coefficient (Wildman–Crippen LogP) is 1.82. The molecule has 22 heavy (non-hydrogen) atoms. The molecule has 0 spiro atoms. The lowest BCUT2D eigenvalue weighted by Crippen LogP contribution is -2.38. The van der Waals surface area contributed by atoms with Crippen molar-refractivity contribution in [3.63, 3.8) is 0 Å². The van der Waals surface area contributed by atoms with Gasteiger partial charge < -0.3 is 9.42 Å². The maximum absolute atomic E-state index is 12.3. The number of fused-ring (bicyclic) bond motifs is 1. The summed E-state index contributed by atoms with van der Waals surface area (Å²) in [5.74, 6) is 0.760. The summed E-state index contributed by atoms with van der Waals surface area (Å²) in [7, 11) is -1.27. The van der Waals surface area contributed by atoms with Crippen molar-refractivity contribution in [1.82, 2.24) is 10.1 Å². The van der Waals surface area contributed by atoms with Crippen LogP contribution in [0, 0.1) is 6.92 Å². The van der Waals surface area contributed by atoms with E-state index in [4.69, 9.17) is 4.52 Å². The van der Waals surface area contributed by atoms with Gasteiger partial charge in [-0.15, -0.1) is 0 Å². The molecule has 0 unspecified atom stereocenters. The molecule has 0 saturated carbocycles. The molecular formula is C16H18N2O3S. The molecule has 2 heterocycles. The number of carbonyl (C=O) groups is 1. The van der Waals surface area contributed by atoms with Gasteiger partial charge in [-0.05, 0) is 24.5 Å². The van der Waals surface area contributed by atoms with Crippen molar-refractivity contribution in [1.29, 1.82) is 0 Å². The highest BCUT2D eigenvalue weighted by atomic mass is 32.2. The molecule has 1 aromatic carbocycles. The fourth-order valence-corrected chi connectivity index (χ4v) is 3.65. The highest BCUT2D eigenvalue weighted by molar-refractivity contribution is 7.84. The molecule has 1 amide bonds. The third-order valence-corrected chi connectivity index (χ3v) is 4.92. The fraction of sp³-hybridized carbons (Fsp3) is 0.375. The molecule has 6 heteroatoms.